The quantitative estimate of drug-likeness (QED) is 0.570. The fourth-order valence-electron chi connectivity index (χ4n) is 2.38. The summed E-state index contributed by atoms with van der Waals surface area (Å²) in [4.78, 5) is 0. The summed E-state index contributed by atoms with van der Waals surface area (Å²) in [5.41, 5.74) is 8.65. The normalized spacial score (nSPS) is 14.8. The van der Waals surface area contributed by atoms with Crippen molar-refractivity contribution in [2.45, 2.75) is 40.5 Å². The Hall–Kier alpha value is -1.30. The molecule has 0 aliphatic heterocycles. The van der Waals surface area contributed by atoms with Crippen LogP contribution < -0.4 is 0 Å². The minimum atomic E-state index is 0.973. The highest BCUT2D eigenvalue weighted by atomic mass is 14.3. The number of rotatable bonds is 4. The van der Waals surface area contributed by atoms with Gasteiger partial charge in [-0.15, -0.1) is 13.2 Å². The SMILES string of the molecule is C=CCC1=C(CC=C)C(=C(C)C)C1=C(C)C. The lowest BCUT2D eigenvalue weighted by Gasteiger charge is -2.33. The topological polar surface area (TPSA) is 0 Å². The van der Waals surface area contributed by atoms with Gasteiger partial charge >= 0.3 is 0 Å². The lowest BCUT2D eigenvalue weighted by atomic mass is 9.71. The van der Waals surface area contributed by atoms with Crippen LogP contribution in [0.25, 0.3) is 0 Å². The molecule has 16 heavy (non-hydrogen) atoms. The molecule has 1 aliphatic rings. The molecule has 1 rings (SSSR count). The molecule has 0 bridgehead atoms. The summed E-state index contributed by atoms with van der Waals surface area (Å²) in [6, 6.07) is 0. The fourth-order valence-corrected chi connectivity index (χ4v) is 2.38. The van der Waals surface area contributed by atoms with E-state index in [0.29, 0.717) is 0 Å². The van der Waals surface area contributed by atoms with Crippen molar-refractivity contribution in [3.05, 3.63) is 58.7 Å². The Balaban J connectivity index is 3.34. The average molecular weight is 214 g/mol. The van der Waals surface area contributed by atoms with Crippen LogP contribution in [0.5, 0.6) is 0 Å². The molecule has 0 heteroatoms. The first-order valence-corrected chi connectivity index (χ1v) is 5.84. The van der Waals surface area contributed by atoms with Gasteiger partial charge in [0.05, 0.1) is 0 Å². The molecule has 0 spiro atoms. The van der Waals surface area contributed by atoms with Crippen molar-refractivity contribution in [2.24, 2.45) is 0 Å². The second kappa shape index (κ2) is 5.16. The summed E-state index contributed by atoms with van der Waals surface area (Å²) in [6.45, 7) is 16.4. The molecule has 0 N–H and O–H groups in total. The third-order valence-corrected chi connectivity index (χ3v) is 2.91. The van der Waals surface area contributed by atoms with E-state index >= 15 is 0 Å². The highest BCUT2D eigenvalue weighted by Crippen LogP contribution is 2.46. The summed E-state index contributed by atoms with van der Waals surface area (Å²) < 4.78 is 0. The van der Waals surface area contributed by atoms with E-state index in [0.717, 1.165) is 12.8 Å². The van der Waals surface area contributed by atoms with Gasteiger partial charge in [0, 0.05) is 0 Å². The Bertz CT molecular complexity index is 363. The Morgan fingerprint density at radius 1 is 0.812 bits per heavy atom. The summed E-state index contributed by atoms with van der Waals surface area (Å²) in [6.07, 6.45) is 5.92. The van der Waals surface area contributed by atoms with Gasteiger partial charge in [-0.05, 0) is 62.8 Å². The number of hydrogen-bond acceptors (Lipinski definition) is 0. The van der Waals surface area contributed by atoms with Gasteiger partial charge < -0.3 is 0 Å². The maximum absolute atomic E-state index is 3.84. The van der Waals surface area contributed by atoms with Crippen molar-refractivity contribution in [2.75, 3.05) is 0 Å². The number of allylic oxidation sites excluding steroid dienone is 8. The lowest BCUT2D eigenvalue weighted by molar-refractivity contribution is 0.988. The highest BCUT2D eigenvalue weighted by molar-refractivity contribution is 5.72. The van der Waals surface area contributed by atoms with Crippen LogP contribution in [-0.4, -0.2) is 0 Å². The van der Waals surface area contributed by atoms with E-state index in [1.807, 2.05) is 12.2 Å². The largest absolute Gasteiger partial charge is 0.103 e. The minimum Gasteiger partial charge on any atom is -0.103 e. The second-order valence-corrected chi connectivity index (χ2v) is 4.69. The third-order valence-electron chi connectivity index (χ3n) is 2.91. The Kier molecular flexibility index (Phi) is 4.12. The van der Waals surface area contributed by atoms with Crippen molar-refractivity contribution >= 4 is 0 Å². The van der Waals surface area contributed by atoms with Gasteiger partial charge in [0.15, 0.2) is 0 Å². The van der Waals surface area contributed by atoms with Crippen LogP contribution in [0.2, 0.25) is 0 Å². The first kappa shape index (κ1) is 12.8. The molecule has 0 fully saturated rings. The van der Waals surface area contributed by atoms with Crippen molar-refractivity contribution < 1.29 is 0 Å². The van der Waals surface area contributed by atoms with Crippen molar-refractivity contribution in [3.63, 3.8) is 0 Å². The van der Waals surface area contributed by atoms with Crippen LogP contribution in [-0.2, 0) is 0 Å². The molecule has 86 valence electrons. The van der Waals surface area contributed by atoms with Crippen molar-refractivity contribution in [3.8, 4) is 0 Å². The number of hydrogen-bond donors (Lipinski definition) is 0. The first-order chi connectivity index (χ1) is 7.54. The lowest BCUT2D eigenvalue weighted by Crippen LogP contribution is -2.15. The zero-order valence-corrected chi connectivity index (χ0v) is 11.0. The van der Waals surface area contributed by atoms with Crippen molar-refractivity contribution in [1.82, 2.24) is 0 Å². The van der Waals surface area contributed by atoms with E-state index in [1.165, 1.54) is 33.4 Å². The molecule has 0 amide bonds. The fraction of sp³-hybridized carbons (Fsp3) is 0.375. The molecular weight excluding hydrogens is 192 g/mol. The van der Waals surface area contributed by atoms with Gasteiger partial charge in [-0.3, -0.25) is 0 Å². The van der Waals surface area contributed by atoms with Crippen LogP contribution in [0.15, 0.2) is 58.7 Å². The monoisotopic (exact) mass is 214 g/mol. The summed E-state index contributed by atoms with van der Waals surface area (Å²) in [5, 5.41) is 0. The molecular formula is C16H22. The zero-order valence-electron chi connectivity index (χ0n) is 11.0. The predicted molar refractivity (Wildman–Crippen MR) is 73.4 cm³/mol. The Labute approximate surface area is 99.8 Å². The van der Waals surface area contributed by atoms with E-state index < -0.39 is 0 Å². The van der Waals surface area contributed by atoms with E-state index in [2.05, 4.69) is 40.9 Å². The molecule has 1 aliphatic carbocycles. The van der Waals surface area contributed by atoms with Crippen LogP contribution in [0.1, 0.15) is 40.5 Å². The van der Waals surface area contributed by atoms with Gasteiger partial charge in [-0.2, -0.15) is 0 Å². The van der Waals surface area contributed by atoms with E-state index in [9.17, 15) is 0 Å². The zero-order chi connectivity index (χ0) is 12.3. The molecule has 0 heterocycles. The standard InChI is InChI=1S/C16H22/c1-7-9-13-14(10-8-2)16(12(5)6)15(13)11(3)4/h7-8H,1-2,9-10H2,3-6H3. The second-order valence-electron chi connectivity index (χ2n) is 4.69. The smallest absolute Gasteiger partial charge is 0.00909 e. The molecule has 0 aromatic heterocycles. The molecule has 0 unspecified atom stereocenters. The summed E-state index contributed by atoms with van der Waals surface area (Å²) in [5.74, 6) is 0. The maximum atomic E-state index is 3.84. The highest BCUT2D eigenvalue weighted by Gasteiger charge is 2.28. The Morgan fingerprint density at radius 3 is 1.31 bits per heavy atom. The molecule has 0 aromatic carbocycles. The van der Waals surface area contributed by atoms with E-state index in [1.54, 1.807) is 0 Å². The molecule has 0 radical (unpaired) electrons. The van der Waals surface area contributed by atoms with Crippen molar-refractivity contribution in [1.29, 1.82) is 0 Å². The predicted octanol–water partition coefficient (Wildman–Crippen LogP) is 5.12. The van der Waals surface area contributed by atoms with Crippen LogP contribution in [0.4, 0.5) is 0 Å². The molecule has 0 saturated heterocycles. The minimum absolute atomic E-state index is 0.973. The summed E-state index contributed by atoms with van der Waals surface area (Å²) >= 11 is 0. The van der Waals surface area contributed by atoms with Gasteiger partial charge in [0.25, 0.3) is 0 Å². The molecule has 0 aromatic rings. The van der Waals surface area contributed by atoms with Gasteiger partial charge in [-0.25, -0.2) is 0 Å². The Morgan fingerprint density at radius 2 is 1.12 bits per heavy atom. The molecule has 0 nitrogen and oxygen atoms in total. The third kappa shape index (κ3) is 2.11. The summed E-state index contributed by atoms with van der Waals surface area (Å²) in [7, 11) is 0. The average Bonchev–Trinajstić information content (AvgIpc) is 2.18. The van der Waals surface area contributed by atoms with E-state index in [-0.39, 0.29) is 0 Å². The van der Waals surface area contributed by atoms with Gasteiger partial charge in [-0.1, -0.05) is 23.3 Å². The molecule has 0 saturated carbocycles. The van der Waals surface area contributed by atoms with Gasteiger partial charge in [0.2, 0.25) is 0 Å². The van der Waals surface area contributed by atoms with Gasteiger partial charge in [0.1, 0.15) is 0 Å². The molecule has 0 atom stereocenters. The first-order valence-electron chi connectivity index (χ1n) is 5.84. The van der Waals surface area contributed by atoms with Crippen LogP contribution in [0.3, 0.4) is 0 Å². The maximum Gasteiger partial charge on any atom is -0.00909 e. The van der Waals surface area contributed by atoms with E-state index in [4.69, 9.17) is 0 Å². The van der Waals surface area contributed by atoms with Crippen LogP contribution >= 0.6 is 0 Å². The van der Waals surface area contributed by atoms with Crippen LogP contribution in [0, 0.1) is 0 Å².